The number of rotatable bonds is 11. The lowest BCUT2D eigenvalue weighted by Crippen LogP contribution is -2.21. The van der Waals surface area contributed by atoms with Gasteiger partial charge in [-0.15, -0.1) is 0 Å². The van der Waals surface area contributed by atoms with Crippen LogP contribution in [0, 0.1) is 17.0 Å². The summed E-state index contributed by atoms with van der Waals surface area (Å²) >= 11 is 7.19. The Kier molecular flexibility index (Phi) is 10.4. The number of pyridine rings is 1. The molecule has 11 nitrogen and oxygen atoms in total. The van der Waals surface area contributed by atoms with Gasteiger partial charge in [0.2, 0.25) is 5.88 Å². The van der Waals surface area contributed by atoms with Crippen molar-refractivity contribution < 1.29 is 19.1 Å². The number of ether oxygens (including phenoxy) is 3. The highest BCUT2D eigenvalue weighted by Gasteiger charge is 2.21. The number of benzene rings is 3. The minimum absolute atomic E-state index is 0.135. The molecule has 0 aliphatic rings. The van der Waals surface area contributed by atoms with Crippen LogP contribution in [0.4, 0.5) is 5.69 Å². The first-order valence-electron chi connectivity index (χ1n) is 14.8. The van der Waals surface area contributed by atoms with Crippen LogP contribution in [-0.4, -0.2) is 39.0 Å². The summed E-state index contributed by atoms with van der Waals surface area (Å²) in [7, 11) is 0. The molecular weight excluding hydrogens is 734 g/mol. The molecule has 5 aromatic rings. The van der Waals surface area contributed by atoms with E-state index in [0.717, 1.165) is 28.6 Å². The maximum absolute atomic E-state index is 14.0. The Morgan fingerprint density at radius 1 is 1.02 bits per heavy atom. The molecule has 0 fully saturated rings. The van der Waals surface area contributed by atoms with Crippen LogP contribution in [0.1, 0.15) is 50.3 Å². The number of nitrogens with zero attached hydrogens (tertiary/aromatic N) is 5. The number of hydrogen-bond acceptors (Lipinski definition) is 9. The summed E-state index contributed by atoms with van der Waals surface area (Å²) in [4.78, 5) is 33.4. The van der Waals surface area contributed by atoms with Crippen LogP contribution in [0.25, 0.3) is 22.3 Å². The standard InChI is InChI=1S/C34H31Br2N5O6/c1-6-45-27-14-20(5)25(16-24(27)19(3)4)33-39-26-11-9-8-10-23(26)34(42)40(33)38-17-21-15-28(46-7-2)32(31(36)30(21)35)47-29-13-12-22(18-37-29)41(43)44/h8-19H,6-7H2,1-5H3. The van der Waals surface area contributed by atoms with Gasteiger partial charge in [0.1, 0.15) is 11.9 Å². The summed E-state index contributed by atoms with van der Waals surface area (Å²) < 4.78 is 20.2. The van der Waals surface area contributed by atoms with Crippen molar-refractivity contribution in [3.8, 4) is 34.5 Å². The number of aromatic nitrogens is 3. The number of fused-ring (bicyclic) bond motifs is 1. The summed E-state index contributed by atoms with van der Waals surface area (Å²) in [6.07, 6.45) is 2.66. The van der Waals surface area contributed by atoms with Crippen molar-refractivity contribution in [2.75, 3.05) is 13.2 Å². The first-order chi connectivity index (χ1) is 22.5. The first kappa shape index (κ1) is 33.7. The van der Waals surface area contributed by atoms with Gasteiger partial charge >= 0.3 is 0 Å². The molecule has 0 saturated heterocycles. The largest absolute Gasteiger partial charge is 0.494 e. The zero-order valence-electron chi connectivity index (χ0n) is 26.3. The quantitative estimate of drug-likeness (QED) is 0.0741. The van der Waals surface area contributed by atoms with E-state index in [9.17, 15) is 14.9 Å². The fourth-order valence-corrected chi connectivity index (χ4v) is 5.80. The molecule has 0 aliphatic carbocycles. The number of aryl methyl sites for hydroxylation is 1. The summed E-state index contributed by atoms with van der Waals surface area (Å²) in [5.74, 6) is 2.14. The molecule has 0 atom stereocenters. The minimum atomic E-state index is -0.536. The maximum atomic E-state index is 14.0. The molecular formula is C34H31Br2N5O6. The van der Waals surface area contributed by atoms with Crippen LogP contribution in [0.3, 0.4) is 0 Å². The molecule has 0 aliphatic heterocycles. The van der Waals surface area contributed by atoms with Crippen molar-refractivity contribution in [1.82, 2.24) is 14.6 Å². The zero-order valence-corrected chi connectivity index (χ0v) is 29.5. The molecule has 242 valence electrons. The van der Waals surface area contributed by atoms with Gasteiger partial charge in [0, 0.05) is 27.7 Å². The van der Waals surface area contributed by atoms with Gasteiger partial charge in [-0.25, -0.2) is 9.97 Å². The van der Waals surface area contributed by atoms with E-state index in [1.807, 2.05) is 45.0 Å². The van der Waals surface area contributed by atoms with E-state index in [4.69, 9.17) is 19.2 Å². The molecule has 0 N–H and O–H groups in total. The molecule has 2 heterocycles. The molecule has 0 amide bonds. The Bertz CT molecular complexity index is 2060. The third-order valence-electron chi connectivity index (χ3n) is 7.18. The van der Waals surface area contributed by atoms with Crippen molar-refractivity contribution in [3.63, 3.8) is 0 Å². The number of nitro groups is 1. The van der Waals surface area contributed by atoms with E-state index < -0.39 is 4.92 Å². The van der Waals surface area contributed by atoms with Gasteiger partial charge in [-0.1, -0.05) is 26.0 Å². The summed E-state index contributed by atoms with van der Waals surface area (Å²) in [6.45, 7) is 10.8. The molecule has 3 aromatic carbocycles. The highest BCUT2D eigenvalue weighted by atomic mass is 79.9. The topological polar surface area (TPSA) is 131 Å². The average molecular weight is 765 g/mol. The van der Waals surface area contributed by atoms with Crippen molar-refractivity contribution in [1.29, 1.82) is 0 Å². The summed E-state index contributed by atoms with van der Waals surface area (Å²) in [5, 5.41) is 16.2. The lowest BCUT2D eigenvalue weighted by atomic mass is 9.96. The van der Waals surface area contributed by atoms with Gasteiger partial charge in [-0.2, -0.15) is 9.78 Å². The van der Waals surface area contributed by atoms with Crippen LogP contribution in [0.5, 0.6) is 23.1 Å². The third-order valence-corrected chi connectivity index (χ3v) is 9.32. The first-order valence-corrected chi connectivity index (χ1v) is 16.4. The Morgan fingerprint density at radius 2 is 1.74 bits per heavy atom. The van der Waals surface area contributed by atoms with E-state index >= 15 is 0 Å². The highest BCUT2D eigenvalue weighted by Crippen LogP contribution is 2.44. The fraction of sp³-hybridized carbons (Fsp3) is 0.235. The van der Waals surface area contributed by atoms with Crippen molar-refractivity contribution in [2.24, 2.45) is 5.10 Å². The van der Waals surface area contributed by atoms with E-state index in [1.54, 1.807) is 24.4 Å². The maximum Gasteiger partial charge on any atom is 0.287 e. The monoisotopic (exact) mass is 763 g/mol. The van der Waals surface area contributed by atoms with E-state index in [1.165, 1.54) is 16.8 Å². The molecule has 5 rings (SSSR count). The van der Waals surface area contributed by atoms with Gasteiger partial charge in [-0.05, 0) is 100 Å². The highest BCUT2D eigenvalue weighted by molar-refractivity contribution is 9.13. The Hall–Kier alpha value is -4.62. The Labute approximate surface area is 287 Å². The molecule has 0 unspecified atom stereocenters. The van der Waals surface area contributed by atoms with Gasteiger partial charge < -0.3 is 14.2 Å². The van der Waals surface area contributed by atoms with Crippen LogP contribution in [0.15, 0.2) is 79.6 Å². The molecule has 0 saturated carbocycles. The normalized spacial score (nSPS) is 11.4. The number of para-hydroxylation sites is 1. The summed E-state index contributed by atoms with van der Waals surface area (Å²) in [5.41, 5.74) is 3.28. The van der Waals surface area contributed by atoms with Crippen LogP contribution >= 0.6 is 31.9 Å². The SMILES string of the molecule is CCOc1cc(C)c(-c2nc3ccccc3c(=O)n2N=Cc2cc(OCC)c(Oc3ccc([N+](=O)[O-])cn3)c(Br)c2Br)cc1C(C)C. The third kappa shape index (κ3) is 7.05. The van der Waals surface area contributed by atoms with Crippen molar-refractivity contribution >= 4 is 54.7 Å². The Balaban J connectivity index is 1.65. The smallest absolute Gasteiger partial charge is 0.287 e. The molecule has 2 aromatic heterocycles. The summed E-state index contributed by atoms with van der Waals surface area (Å²) in [6, 6.07) is 15.6. The second-order valence-corrected chi connectivity index (χ2v) is 12.3. The van der Waals surface area contributed by atoms with Crippen molar-refractivity contribution in [2.45, 2.75) is 40.5 Å². The number of hydrogen-bond donors (Lipinski definition) is 0. The van der Waals surface area contributed by atoms with E-state index in [-0.39, 0.29) is 23.0 Å². The molecule has 47 heavy (non-hydrogen) atoms. The zero-order chi connectivity index (χ0) is 33.8. The van der Waals surface area contributed by atoms with Crippen molar-refractivity contribution in [3.05, 3.63) is 107 Å². The van der Waals surface area contributed by atoms with Gasteiger partial charge in [0.25, 0.3) is 11.2 Å². The lowest BCUT2D eigenvalue weighted by Gasteiger charge is -2.18. The lowest BCUT2D eigenvalue weighted by molar-refractivity contribution is -0.385. The van der Waals surface area contributed by atoms with E-state index in [2.05, 4.69) is 55.8 Å². The molecule has 0 radical (unpaired) electrons. The molecule has 0 bridgehead atoms. The average Bonchev–Trinajstić information content (AvgIpc) is 3.05. The van der Waals surface area contributed by atoms with Gasteiger partial charge in [0.05, 0.1) is 39.7 Å². The second kappa shape index (κ2) is 14.4. The predicted octanol–water partition coefficient (Wildman–Crippen LogP) is 8.80. The Morgan fingerprint density at radius 3 is 2.40 bits per heavy atom. The molecule has 13 heteroatoms. The predicted molar refractivity (Wildman–Crippen MR) is 188 cm³/mol. The van der Waals surface area contributed by atoms with Gasteiger partial charge in [-0.3, -0.25) is 14.9 Å². The van der Waals surface area contributed by atoms with Crippen LogP contribution < -0.4 is 19.8 Å². The van der Waals surface area contributed by atoms with E-state index in [0.29, 0.717) is 55.9 Å². The fourth-order valence-electron chi connectivity index (χ4n) is 4.90. The van der Waals surface area contributed by atoms with Crippen LogP contribution in [0.2, 0.25) is 0 Å². The minimum Gasteiger partial charge on any atom is -0.494 e. The second-order valence-electron chi connectivity index (χ2n) is 10.7. The molecule has 0 spiro atoms. The van der Waals surface area contributed by atoms with Gasteiger partial charge in [0.15, 0.2) is 17.3 Å². The number of halogens is 2. The van der Waals surface area contributed by atoms with Crippen LogP contribution in [-0.2, 0) is 0 Å².